The predicted molar refractivity (Wildman–Crippen MR) is 36.9 cm³/mol. The Morgan fingerprint density at radius 3 is 1.30 bits per heavy atom. The third-order valence-electron chi connectivity index (χ3n) is 0.537. The quantitative estimate of drug-likeness (QED) is 0.361. The summed E-state index contributed by atoms with van der Waals surface area (Å²) in [5.41, 5.74) is 0. The van der Waals surface area contributed by atoms with Crippen molar-refractivity contribution in [2.45, 2.75) is 4.33 Å². The van der Waals surface area contributed by atoms with Crippen molar-refractivity contribution in [1.82, 2.24) is 0 Å². The van der Waals surface area contributed by atoms with Crippen LogP contribution in [0.1, 0.15) is 0 Å². The number of carboxylic acids is 2. The molecule has 0 aromatic heterocycles. The molecule has 0 rings (SSSR count). The van der Waals surface area contributed by atoms with E-state index in [1.165, 1.54) is 0 Å². The summed E-state index contributed by atoms with van der Waals surface area (Å²) in [4.78, 5) is 19.6. The number of carbonyl (C=O) groups is 2. The van der Waals surface area contributed by atoms with Crippen LogP contribution in [-0.4, -0.2) is 56.0 Å². The van der Waals surface area contributed by atoms with Crippen LogP contribution in [0.2, 0.25) is 0 Å². The Kier molecular flexibility index (Phi) is 5.79. The molecule has 10 heavy (non-hydrogen) atoms. The molecule has 0 aromatic carbocycles. The summed E-state index contributed by atoms with van der Waals surface area (Å²) >= 11 is 9.54. The number of carboxylic acid groups (broad SMARTS) is 2. The molecule has 4 nitrogen and oxygen atoms in total. The summed E-state index contributed by atoms with van der Waals surface area (Å²) in [6.45, 7) is 0. The van der Waals surface area contributed by atoms with Gasteiger partial charge >= 0.3 is 45.8 Å². The molecule has 0 amide bonds. The normalized spacial score (nSPS) is 9.80. The molecule has 0 unspecified atom stereocenters. The van der Waals surface area contributed by atoms with Gasteiger partial charge in [0.1, 0.15) is 0 Å². The van der Waals surface area contributed by atoms with Crippen molar-refractivity contribution in [1.29, 1.82) is 0 Å². The van der Waals surface area contributed by atoms with Crippen LogP contribution < -0.4 is 0 Å². The molecule has 0 atom stereocenters. The van der Waals surface area contributed by atoms with E-state index in [4.69, 9.17) is 33.4 Å². The summed E-state index contributed by atoms with van der Waals surface area (Å²) in [7, 11) is 0. The summed E-state index contributed by atoms with van der Waals surface area (Å²) < 4.78 is -2.72. The third kappa shape index (κ3) is 3.07. The first kappa shape index (κ1) is 13.1. The number of hydrogen-bond donors (Lipinski definition) is 2. The van der Waals surface area contributed by atoms with Crippen LogP contribution in [0.4, 0.5) is 0 Å². The molecule has 0 saturated carbocycles. The van der Waals surface area contributed by atoms with E-state index in [1.807, 2.05) is 0 Å². The molecule has 0 saturated heterocycles. The Balaban J connectivity index is 0. The van der Waals surface area contributed by atoms with Crippen molar-refractivity contribution >= 4 is 64.7 Å². The van der Waals surface area contributed by atoms with E-state index in [1.54, 1.807) is 0 Å². The Morgan fingerprint density at radius 2 is 1.30 bits per heavy atom. The average molecular weight is 197 g/mol. The van der Waals surface area contributed by atoms with E-state index < -0.39 is 16.3 Å². The van der Waals surface area contributed by atoms with E-state index in [2.05, 4.69) is 0 Å². The van der Waals surface area contributed by atoms with Gasteiger partial charge in [0.2, 0.25) is 0 Å². The molecule has 2 N–H and O–H groups in total. The molecule has 54 valence electrons. The maximum atomic E-state index is 9.82. The summed E-state index contributed by atoms with van der Waals surface area (Å²) in [5.74, 6) is -3.59. The predicted octanol–water partition coefficient (Wildman–Crippen LogP) is -0.319. The summed E-state index contributed by atoms with van der Waals surface area (Å²) in [5, 5.41) is 15.9. The van der Waals surface area contributed by atoms with Gasteiger partial charge in [-0.05, 0) is 0 Å². The Labute approximate surface area is 88.4 Å². The minimum absolute atomic E-state index is 0. The van der Waals surface area contributed by atoms with Gasteiger partial charge in [-0.3, -0.25) is 0 Å². The van der Waals surface area contributed by atoms with Crippen LogP contribution in [0, 0.1) is 0 Å². The molecule has 0 radical (unpaired) electrons. The number of hydrogen-bond acceptors (Lipinski definition) is 2. The zero-order valence-electron chi connectivity index (χ0n) is 3.97. The van der Waals surface area contributed by atoms with Crippen LogP contribution in [0.25, 0.3) is 0 Å². The molecule has 0 fully saturated rings. The number of halogens is 2. The monoisotopic (exact) mass is 196 g/mol. The van der Waals surface area contributed by atoms with Crippen molar-refractivity contribution in [3.05, 3.63) is 0 Å². The van der Waals surface area contributed by atoms with Crippen molar-refractivity contribution in [3.8, 4) is 0 Å². The molecule has 0 aliphatic carbocycles. The minimum atomic E-state index is -2.72. The van der Waals surface area contributed by atoms with Gasteiger partial charge in [0.05, 0.1) is 0 Å². The van der Waals surface area contributed by atoms with Crippen molar-refractivity contribution < 1.29 is 19.8 Å². The van der Waals surface area contributed by atoms with Gasteiger partial charge in [0, 0.05) is 0 Å². The molecule has 0 aliphatic rings. The Morgan fingerprint density at radius 1 is 1.10 bits per heavy atom. The maximum absolute atomic E-state index is 9.82. The topological polar surface area (TPSA) is 74.6 Å². The fourth-order valence-electron chi connectivity index (χ4n) is 0.0915. The molecular formula is C3H3Cl2NaO4. The number of alkyl halides is 2. The van der Waals surface area contributed by atoms with Crippen LogP contribution in [-0.2, 0) is 9.59 Å². The molecule has 0 aromatic rings. The zero-order valence-corrected chi connectivity index (χ0v) is 5.48. The number of aliphatic carboxylic acids is 2. The van der Waals surface area contributed by atoms with E-state index in [0.29, 0.717) is 0 Å². The van der Waals surface area contributed by atoms with E-state index in [9.17, 15) is 9.59 Å². The average Bonchev–Trinajstić information content (AvgIpc) is 1.65. The van der Waals surface area contributed by atoms with Gasteiger partial charge < -0.3 is 10.2 Å². The molecule has 0 heterocycles. The summed E-state index contributed by atoms with van der Waals surface area (Å²) in [6, 6.07) is 0. The van der Waals surface area contributed by atoms with E-state index >= 15 is 0 Å². The van der Waals surface area contributed by atoms with Gasteiger partial charge in [-0.1, -0.05) is 23.2 Å². The molecule has 0 spiro atoms. The summed E-state index contributed by atoms with van der Waals surface area (Å²) in [6.07, 6.45) is 0. The first-order chi connectivity index (χ1) is 3.89. The Bertz CT molecular complexity index is 141. The van der Waals surface area contributed by atoms with E-state index in [0.717, 1.165) is 0 Å². The number of rotatable bonds is 2. The fraction of sp³-hybridized carbons (Fsp3) is 0.333. The van der Waals surface area contributed by atoms with Crippen LogP contribution in [0.5, 0.6) is 0 Å². The van der Waals surface area contributed by atoms with Crippen molar-refractivity contribution in [3.63, 3.8) is 0 Å². The third-order valence-corrected chi connectivity index (χ3v) is 1.18. The second-order valence-electron chi connectivity index (χ2n) is 1.18. The van der Waals surface area contributed by atoms with Crippen LogP contribution in [0.15, 0.2) is 0 Å². The van der Waals surface area contributed by atoms with Crippen molar-refractivity contribution in [2.24, 2.45) is 0 Å². The van der Waals surface area contributed by atoms with Crippen LogP contribution in [0.3, 0.4) is 0 Å². The van der Waals surface area contributed by atoms with Gasteiger partial charge in [-0.25, -0.2) is 9.59 Å². The van der Waals surface area contributed by atoms with Gasteiger partial charge in [-0.15, -0.1) is 0 Å². The van der Waals surface area contributed by atoms with Crippen molar-refractivity contribution in [2.75, 3.05) is 0 Å². The molecular weight excluding hydrogens is 194 g/mol. The Hall–Kier alpha value is 0.520. The standard InChI is InChI=1S/C3H2Cl2O4.Na.H/c4-3(5,1(6)7)2(8)9;;/h(H,6,7)(H,8,9);;. The van der Waals surface area contributed by atoms with Gasteiger partial charge in [0.15, 0.2) is 0 Å². The SMILES string of the molecule is O=C(O)C(Cl)(Cl)C(=O)O.[NaH]. The zero-order chi connectivity index (χ0) is 7.65. The van der Waals surface area contributed by atoms with Gasteiger partial charge in [0.25, 0.3) is 0 Å². The molecule has 0 aliphatic heterocycles. The van der Waals surface area contributed by atoms with E-state index in [-0.39, 0.29) is 29.6 Å². The first-order valence-corrected chi connectivity index (χ1v) is 2.49. The second kappa shape index (κ2) is 4.41. The first-order valence-electron chi connectivity index (χ1n) is 1.73. The molecule has 0 bridgehead atoms. The molecule has 7 heteroatoms. The fourth-order valence-corrected chi connectivity index (χ4v) is 0.0915. The second-order valence-corrected chi connectivity index (χ2v) is 2.51. The van der Waals surface area contributed by atoms with Gasteiger partial charge in [-0.2, -0.15) is 0 Å². The van der Waals surface area contributed by atoms with Crippen LogP contribution >= 0.6 is 23.2 Å².